The van der Waals surface area contributed by atoms with E-state index in [0.717, 1.165) is 49.7 Å². The van der Waals surface area contributed by atoms with Crippen molar-refractivity contribution in [2.75, 3.05) is 18.1 Å². The lowest BCUT2D eigenvalue weighted by Crippen LogP contribution is -2.73. The number of benzene rings is 1. The van der Waals surface area contributed by atoms with E-state index in [1.165, 1.54) is 0 Å². The van der Waals surface area contributed by atoms with Gasteiger partial charge >= 0.3 is 0 Å². The van der Waals surface area contributed by atoms with Gasteiger partial charge in [-0.2, -0.15) is 0 Å². The quantitative estimate of drug-likeness (QED) is 0.493. The third-order valence-electron chi connectivity index (χ3n) is 8.70. The van der Waals surface area contributed by atoms with Crippen molar-refractivity contribution in [1.29, 1.82) is 0 Å². The smallest absolute Gasteiger partial charge is 0.257 e. The lowest BCUT2D eigenvalue weighted by Gasteiger charge is -2.57. The molecule has 204 valence electrons. The zero-order valence-corrected chi connectivity index (χ0v) is 22.2. The number of nitrogens with zero attached hydrogens (tertiary/aromatic N) is 5. The van der Waals surface area contributed by atoms with Gasteiger partial charge in [0.25, 0.3) is 5.88 Å². The van der Waals surface area contributed by atoms with E-state index in [2.05, 4.69) is 37.3 Å². The molecule has 2 saturated heterocycles. The molecular weight excluding hydrogens is 499 g/mol. The number of pyridine rings is 1. The summed E-state index contributed by atoms with van der Waals surface area (Å²) in [5.74, 6) is 2.00. The third kappa shape index (κ3) is 4.34. The predicted molar refractivity (Wildman–Crippen MR) is 144 cm³/mol. The number of phenols is 1. The summed E-state index contributed by atoms with van der Waals surface area (Å²) in [5.41, 5.74) is 1.42. The Morgan fingerprint density at radius 3 is 2.64 bits per heavy atom. The molecule has 3 fully saturated rings. The van der Waals surface area contributed by atoms with Crippen molar-refractivity contribution in [2.24, 2.45) is 0 Å². The second kappa shape index (κ2) is 9.01. The summed E-state index contributed by atoms with van der Waals surface area (Å²) in [4.78, 5) is 11.0. The van der Waals surface area contributed by atoms with Crippen LogP contribution in [0.1, 0.15) is 52.4 Å². The number of halogens is 1. The number of rotatable bonds is 5. The van der Waals surface area contributed by atoms with Crippen molar-refractivity contribution in [3.8, 4) is 39.9 Å². The minimum Gasteiger partial charge on any atom is -0.507 e. The molecule has 1 saturated carbocycles. The lowest BCUT2D eigenvalue weighted by atomic mass is 9.68. The number of fused-ring (bicyclic) bond motifs is 3. The number of phenolic OH excluding ortho intramolecular Hbond substituents is 1. The maximum absolute atomic E-state index is 16.0. The standard InChI is InChI=1S/C29H33FN6O3/c1-28-8-3-9-29(2,35-28)25(30)21(14-28)36(19-5-6-19)24-16-31-26(34-33-24)20-7-4-17(12-22(20)37)18-13-23-27(32-15-18)39-11-10-38-23/h4,7,12-13,15-16,19,21,25,35,37H,3,5-6,8-11,14H2,1-2H3/t21-,25-,28-,29+/m0/s1. The third-order valence-corrected chi connectivity index (χ3v) is 8.70. The minimum atomic E-state index is -1.01. The summed E-state index contributed by atoms with van der Waals surface area (Å²) < 4.78 is 27.2. The van der Waals surface area contributed by atoms with Gasteiger partial charge in [0.1, 0.15) is 25.1 Å². The number of nitrogens with one attached hydrogen (secondary N) is 1. The van der Waals surface area contributed by atoms with Crippen LogP contribution in [0.2, 0.25) is 0 Å². The fourth-order valence-corrected chi connectivity index (χ4v) is 6.73. The molecule has 9 nitrogen and oxygen atoms in total. The largest absolute Gasteiger partial charge is 0.507 e. The van der Waals surface area contributed by atoms with Crippen molar-refractivity contribution in [2.45, 2.75) is 81.7 Å². The summed E-state index contributed by atoms with van der Waals surface area (Å²) in [6, 6.07) is 7.13. The highest BCUT2D eigenvalue weighted by Crippen LogP contribution is 2.46. The molecule has 3 aromatic rings. The van der Waals surface area contributed by atoms with E-state index in [1.807, 2.05) is 19.1 Å². The van der Waals surface area contributed by atoms with Crippen LogP contribution in [-0.4, -0.2) is 67.8 Å². The van der Waals surface area contributed by atoms with Gasteiger partial charge in [0.2, 0.25) is 0 Å². The molecule has 2 N–H and O–H groups in total. The minimum absolute atomic E-state index is 0.0341. The highest BCUT2D eigenvalue weighted by atomic mass is 19.1. The molecule has 2 bridgehead atoms. The first-order valence-electron chi connectivity index (χ1n) is 13.8. The summed E-state index contributed by atoms with van der Waals surface area (Å²) in [6.07, 6.45) is 8.03. The molecule has 0 unspecified atom stereocenters. The van der Waals surface area contributed by atoms with E-state index in [1.54, 1.807) is 24.5 Å². The van der Waals surface area contributed by atoms with Crippen molar-refractivity contribution in [3.05, 3.63) is 36.7 Å². The van der Waals surface area contributed by atoms with E-state index in [4.69, 9.17) is 9.47 Å². The molecule has 1 aliphatic carbocycles. The number of hydrogen-bond acceptors (Lipinski definition) is 9. The van der Waals surface area contributed by atoms with E-state index < -0.39 is 11.7 Å². The van der Waals surface area contributed by atoms with E-state index >= 15 is 4.39 Å². The SMILES string of the molecule is C[C@@]12CCC[C@@](C)(N1)[C@@H](F)[C@@H](N(c1cnc(-c3ccc(-c4cnc5c(c4)OCCO5)cc3O)nn1)C1CC1)C2. The molecule has 7 rings (SSSR count). The summed E-state index contributed by atoms with van der Waals surface area (Å²) in [6.45, 7) is 5.19. The molecule has 5 heterocycles. The second-order valence-electron chi connectivity index (χ2n) is 11.9. The first-order valence-corrected chi connectivity index (χ1v) is 13.8. The van der Waals surface area contributed by atoms with Crippen LogP contribution in [0.15, 0.2) is 36.7 Å². The summed E-state index contributed by atoms with van der Waals surface area (Å²) in [5, 5.41) is 23.4. The highest BCUT2D eigenvalue weighted by Gasteiger charge is 2.55. The van der Waals surface area contributed by atoms with Gasteiger partial charge in [0.15, 0.2) is 17.4 Å². The Hall–Kier alpha value is -3.53. The second-order valence-corrected chi connectivity index (χ2v) is 11.9. The van der Waals surface area contributed by atoms with E-state index in [9.17, 15) is 5.11 Å². The van der Waals surface area contributed by atoms with Gasteiger partial charge in [-0.05, 0) is 76.1 Å². The number of anilines is 1. The molecule has 10 heteroatoms. The Labute approximate surface area is 226 Å². The van der Waals surface area contributed by atoms with Crippen LogP contribution in [0.3, 0.4) is 0 Å². The monoisotopic (exact) mass is 532 g/mol. The van der Waals surface area contributed by atoms with Crippen LogP contribution >= 0.6 is 0 Å². The Morgan fingerprint density at radius 1 is 1.03 bits per heavy atom. The average molecular weight is 533 g/mol. The van der Waals surface area contributed by atoms with Crippen LogP contribution in [0.25, 0.3) is 22.5 Å². The zero-order valence-electron chi connectivity index (χ0n) is 22.2. The fourth-order valence-electron chi connectivity index (χ4n) is 6.73. The number of aromatic hydroxyl groups is 1. The van der Waals surface area contributed by atoms with Crippen LogP contribution in [0.4, 0.5) is 10.2 Å². The van der Waals surface area contributed by atoms with E-state index in [0.29, 0.717) is 42.0 Å². The van der Waals surface area contributed by atoms with Gasteiger partial charge in [0.05, 0.1) is 17.8 Å². The van der Waals surface area contributed by atoms with Crippen molar-refractivity contribution < 1.29 is 19.0 Å². The molecule has 4 aliphatic rings. The molecule has 39 heavy (non-hydrogen) atoms. The summed E-state index contributed by atoms with van der Waals surface area (Å²) in [7, 11) is 0. The summed E-state index contributed by atoms with van der Waals surface area (Å²) >= 11 is 0. The van der Waals surface area contributed by atoms with E-state index in [-0.39, 0.29) is 23.4 Å². The Kier molecular flexibility index (Phi) is 5.66. The zero-order chi connectivity index (χ0) is 26.8. The number of alkyl halides is 1. The first-order chi connectivity index (χ1) is 18.8. The number of hydrogen-bond donors (Lipinski definition) is 2. The molecule has 0 radical (unpaired) electrons. The van der Waals surface area contributed by atoms with Crippen molar-refractivity contribution in [3.63, 3.8) is 0 Å². The van der Waals surface area contributed by atoms with Gasteiger partial charge in [-0.15, -0.1) is 10.2 Å². The van der Waals surface area contributed by atoms with Gasteiger partial charge in [-0.1, -0.05) is 6.07 Å². The van der Waals surface area contributed by atoms with Gasteiger partial charge < -0.3 is 24.8 Å². The predicted octanol–water partition coefficient (Wildman–Crippen LogP) is 4.45. The normalized spacial score (nSPS) is 29.6. The highest BCUT2D eigenvalue weighted by molar-refractivity contribution is 5.73. The van der Waals surface area contributed by atoms with Crippen LogP contribution in [0, 0.1) is 0 Å². The number of ether oxygens (including phenoxy) is 2. The van der Waals surface area contributed by atoms with Crippen molar-refractivity contribution in [1.82, 2.24) is 25.5 Å². The molecule has 3 aliphatic heterocycles. The van der Waals surface area contributed by atoms with Gasteiger partial charge in [-0.3, -0.25) is 0 Å². The van der Waals surface area contributed by atoms with Crippen molar-refractivity contribution >= 4 is 5.82 Å². The molecular formula is C29H33FN6O3. The lowest BCUT2D eigenvalue weighted by molar-refractivity contribution is 0.000258. The Bertz CT molecular complexity index is 1400. The molecule has 4 atom stereocenters. The van der Waals surface area contributed by atoms with Crippen LogP contribution < -0.4 is 19.7 Å². The topological polar surface area (TPSA) is 106 Å². The first kappa shape index (κ1) is 24.5. The van der Waals surface area contributed by atoms with Crippen LogP contribution in [0.5, 0.6) is 17.4 Å². The fraction of sp³-hybridized carbons (Fsp3) is 0.517. The maximum Gasteiger partial charge on any atom is 0.257 e. The van der Waals surface area contributed by atoms with Crippen LogP contribution in [-0.2, 0) is 0 Å². The Morgan fingerprint density at radius 2 is 1.87 bits per heavy atom. The number of aromatic nitrogens is 4. The maximum atomic E-state index is 16.0. The molecule has 1 aromatic carbocycles. The average Bonchev–Trinajstić information content (AvgIpc) is 3.77. The molecule has 0 spiro atoms. The number of piperidine rings is 2. The van der Waals surface area contributed by atoms with Gasteiger partial charge in [0, 0.05) is 28.9 Å². The molecule has 0 amide bonds. The Balaban J connectivity index is 1.15. The molecule has 2 aromatic heterocycles. The van der Waals surface area contributed by atoms with Gasteiger partial charge in [-0.25, -0.2) is 14.4 Å².